The van der Waals surface area contributed by atoms with Crippen LogP contribution in [0.2, 0.25) is 5.28 Å². The maximum Gasteiger partial charge on any atom is 0.224 e. The summed E-state index contributed by atoms with van der Waals surface area (Å²) in [4.78, 5) is 12.5. The van der Waals surface area contributed by atoms with Gasteiger partial charge in [0.2, 0.25) is 5.28 Å². The van der Waals surface area contributed by atoms with E-state index in [9.17, 15) is 0 Å². The third kappa shape index (κ3) is 1.76. The van der Waals surface area contributed by atoms with Crippen LogP contribution in [0.1, 0.15) is 0 Å². The molecule has 0 fully saturated rings. The summed E-state index contributed by atoms with van der Waals surface area (Å²) in [6.07, 6.45) is 1.67. The Morgan fingerprint density at radius 3 is 2.82 bits per heavy atom. The smallest absolute Gasteiger partial charge is 0.224 e. The number of benzene rings is 1. The van der Waals surface area contributed by atoms with Crippen LogP contribution >= 0.6 is 11.6 Å². The van der Waals surface area contributed by atoms with Crippen LogP contribution in [0.15, 0.2) is 30.5 Å². The monoisotopic (exact) mass is 245 g/mol. The predicted molar refractivity (Wildman–Crippen MR) is 66.4 cm³/mol. The lowest BCUT2D eigenvalue weighted by Gasteiger charge is -2.03. The molecule has 5 heteroatoms. The maximum atomic E-state index is 5.74. The minimum absolute atomic E-state index is 0.201. The Kier molecular flexibility index (Phi) is 2.30. The average molecular weight is 246 g/mol. The highest BCUT2D eigenvalue weighted by molar-refractivity contribution is 6.28. The van der Waals surface area contributed by atoms with E-state index < -0.39 is 0 Å². The zero-order chi connectivity index (χ0) is 11.8. The first-order valence-corrected chi connectivity index (χ1v) is 5.41. The fourth-order valence-corrected chi connectivity index (χ4v) is 1.83. The molecule has 0 bridgehead atoms. The van der Waals surface area contributed by atoms with Crippen molar-refractivity contribution in [2.75, 3.05) is 7.11 Å². The summed E-state index contributed by atoms with van der Waals surface area (Å²) in [7, 11) is 1.63. The van der Waals surface area contributed by atoms with Crippen LogP contribution < -0.4 is 4.74 Å². The van der Waals surface area contributed by atoms with Gasteiger partial charge < -0.3 is 4.74 Å². The lowest BCUT2D eigenvalue weighted by Crippen LogP contribution is -1.90. The first-order valence-electron chi connectivity index (χ1n) is 5.03. The molecule has 0 saturated heterocycles. The van der Waals surface area contributed by atoms with Gasteiger partial charge in [-0.1, -0.05) is 0 Å². The molecule has 0 N–H and O–H groups in total. The second kappa shape index (κ2) is 3.82. The maximum absolute atomic E-state index is 5.74. The van der Waals surface area contributed by atoms with Gasteiger partial charge in [-0.05, 0) is 29.8 Å². The van der Waals surface area contributed by atoms with Gasteiger partial charge in [-0.2, -0.15) is 4.98 Å². The molecule has 0 aliphatic heterocycles. The molecule has 2 heterocycles. The largest absolute Gasteiger partial charge is 0.497 e. The third-order valence-corrected chi connectivity index (χ3v) is 2.72. The lowest BCUT2D eigenvalue weighted by molar-refractivity contribution is 0.415. The Labute approximate surface area is 102 Å². The van der Waals surface area contributed by atoms with Crippen molar-refractivity contribution in [2.24, 2.45) is 0 Å². The molecule has 0 saturated carbocycles. The van der Waals surface area contributed by atoms with Crippen LogP contribution in [0.3, 0.4) is 0 Å². The van der Waals surface area contributed by atoms with Gasteiger partial charge in [-0.25, -0.2) is 9.97 Å². The van der Waals surface area contributed by atoms with Gasteiger partial charge in [0.25, 0.3) is 0 Å². The SMILES string of the molecule is COc1ccc2cc3cnc(Cl)nc3nc2c1. The number of fused-ring (bicyclic) bond motifs is 2. The molecule has 0 unspecified atom stereocenters. The summed E-state index contributed by atoms with van der Waals surface area (Å²) in [5, 5.41) is 2.09. The number of aromatic nitrogens is 3. The fraction of sp³-hybridized carbons (Fsp3) is 0.0833. The van der Waals surface area contributed by atoms with Crippen molar-refractivity contribution in [1.82, 2.24) is 15.0 Å². The average Bonchev–Trinajstić information content (AvgIpc) is 2.35. The predicted octanol–water partition coefficient (Wildman–Crippen LogP) is 2.84. The topological polar surface area (TPSA) is 47.9 Å². The molecule has 84 valence electrons. The summed E-state index contributed by atoms with van der Waals surface area (Å²) in [5.74, 6) is 0.768. The molecular formula is C12H8ClN3O. The van der Waals surface area contributed by atoms with E-state index in [1.807, 2.05) is 24.3 Å². The summed E-state index contributed by atoms with van der Waals surface area (Å²) >= 11 is 5.74. The van der Waals surface area contributed by atoms with Gasteiger partial charge >= 0.3 is 0 Å². The number of pyridine rings is 1. The molecule has 2 aromatic heterocycles. The molecule has 0 amide bonds. The standard InChI is InChI=1S/C12H8ClN3O/c1-17-9-3-2-7-4-8-6-14-12(13)16-11(8)15-10(7)5-9/h2-6H,1H3. The van der Waals surface area contributed by atoms with E-state index in [0.29, 0.717) is 5.65 Å². The van der Waals surface area contributed by atoms with Gasteiger partial charge in [0, 0.05) is 23.0 Å². The van der Waals surface area contributed by atoms with E-state index in [-0.39, 0.29) is 5.28 Å². The Morgan fingerprint density at radius 1 is 1.12 bits per heavy atom. The Balaban J connectivity index is 2.36. The highest BCUT2D eigenvalue weighted by atomic mass is 35.5. The van der Waals surface area contributed by atoms with E-state index >= 15 is 0 Å². The van der Waals surface area contributed by atoms with Crippen LogP contribution in [0.4, 0.5) is 0 Å². The van der Waals surface area contributed by atoms with Crippen LogP contribution in [0.5, 0.6) is 5.75 Å². The van der Waals surface area contributed by atoms with Crippen molar-refractivity contribution < 1.29 is 4.74 Å². The Bertz CT molecular complexity index is 715. The molecule has 0 atom stereocenters. The first-order chi connectivity index (χ1) is 8.26. The van der Waals surface area contributed by atoms with E-state index in [0.717, 1.165) is 22.0 Å². The highest BCUT2D eigenvalue weighted by Crippen LogP contribution is 2.22. The molecule has 1 aromatic carbocycles. The number of halogens is 1. The van der Waals surface area contributed by atoms with Crippen LogP contribution in [0.25, 0.3) is 21.9 Å². The number of ether oxygens (including phenoxy) is 1. The normalized spacial score (nSPS) is 10.9. The minimum Gasteiger partial charge on any atom is -0.497 e. The molecule has 3 aromatic rings. The molecule has 17 heavy (non-hydrogen) atoms. The van der Waals surface area contributed by atoms with Gasteiger partial charge in [0.05, 0.1) is 12.6 Å². The van der Waals surface area contributed by atoms with Crippen molar-refractivity contribution >= 4 is 33.5 Å². The van der Waals surface area contributed by atoms with Crippen LogP contribution in [-0.4, -0.2) is 22.1 Å². The zero-order valence-electron chi connectivity index (χ0n) is 9.01. The zero-order valence-corrected chi connectivity index (χ0v) is 9.77. The number of hydrogen-bond acceptors (Lipinski definition) is 4. The van der Waals surface area contributed by atoms with Crippen molar-refractivity contribution in [3.8, 4) is 5.75 Å². The number of nitrogens with zero attached hydrogens (tertiary/aromatic N) is 3. The van der Waals surface area contributed by atoms with Crippen LogP contribution in [0, 0.1) is 0 Å². The second-order valence-corrected chi connectivity index (χ2v) is 3.94. The van der Waals surface area contributed by atoms with E-state index in [4.69, 9.17) is 16.3 Å². The van der Waals surface area contributed by atoms with E-state index in [1.54, 1.807) is 13.3 Å². The van der Waals surface area contributed by atoms with Crippen molar-refractivity contribution in [1.29, 1.82) is 0 Å². The summed E-state index contributed by atoms with van der Waals surface area (Å²) in [6, 6.07) is 7.69. The molecular weight excluding hydrogens is 238 g/mol. The van der Waals surface area contributed by atoms with Gasteiger partial charge in [0.15, 0.2) is 5.65 Å². The second-order valence-electron chi connectivity index (χ2n) is 3.60. The number of rotatable bonds is 1. The third-order valence-electron chi connectivity index (χ3n) is 2.54. The van der Waals surface area contributed by atoms with E-state index in [1.165, 1.54) is 0 Å². The minimum atomic E-state index is 0.201. The van der Waals surface area contributed by atoms with Crippen molar-refractivity contribution in [2.45, 2.75) is 0 Å². The molecule has 4 nitrogen and oxygen atoms in total. The molecule has 0 aliphatic rings. The fourth-order valence-electron chi connectivity index (χ4n) is 1.70. The summed E-state index contributed by atoms with van der Waals surface area (Å²) < 4.78 is 5.16. The summed E-state index contributed by atoms with van der Waals surface area (Å²) in [6.45, 7) is 0. The molecule has 0 spiro atoms. The number of hydrogen-bond donors (Lipinski definition) is 0. The Hall–Kier alpha value is -1.94. The lowest BCUT2D eigenvalue weighted by atomic mass is 10.2. The quantitative estimate of drug-likeness (QED) is 0.489. The highest BCUT2D eigenvalue weighted by Gasteiger charge is 2.03. The van der Waals surface area contributed by atoms with Crippen molar-refractivity contribution in [3.63, 3.8) is 0 Å². The molecule has 0 radical (unpaired) electrons. The number of methoxy groups -OCH3 is 1. The van der Waals surface area contributed by atoms with Gasteiger partial charge in [-0.15, -0.1) is 0 Å². The van der Waals surface area contributed by atoms with Gasteiger partial charge in [-0.3, -0.25) is 0 Å². The summed E-state index contributed by atoms with van der Waals surface area (Å²) in [5.41, 5.74) is 1.41. The van der Waals surface area contributed by atoms with Gasteiger partial charge in [0.1, 0.15) is 5.75 Å². The molecule has 0 aliphatic carbocycles. The van der Waals surface area contributed by atoms with Crippen LogP contribution in [-0.2, 0) is 0 Å². The first kappa shape index (κ1) is 10.2. The Morgan fingerprint density at radius 2 is 2.00 bits per heavy atom. The van der Waals surface area contributed by atoms with E-state index in [2.05, 4.69) is 15.0 Å². The molecule has 3 rings (SSSR count). The van der Waals surface area contributed by atoms with Crippen molar-refractivity contribution in [3.05, 3.63) is 35.7 Å².